The van der Waals surface area contributed by atoms with Crippen molar-refractivity contribution in [3.8, 4) is 0 Å². The van der Waals surface area contributed by atoms with Crippen LogP contribution in [0.2, 0.25) is 0 Å². The quantitative estimate of drug-likeness (QED) is 0.875. The Bertz CT molecular complexity index is 359. The number of aryl methyl sites for hydroxylation is 2. The van der Waals surface area contributed by atoms with Gasteiger partial charge in [0.15, 0.2) is 0 Å². The molecule has 0 aliphatic heterocycles. The van der Waals surface area contributed by atoms with Gasteiger partial charge >= 0.3 is 0 Å². The molecule has 1 atom stereocenters. The Morgan fingerprint density at radius 2 is 1.88 bits per heavy atom. The summed E-state index contributed by atoms with van der Waals surface area (Å²) in [5, 5.41) is 3.62. The summed E-state index contributed by atoms with van der Waals surface area (Å²) in [5.74, 6) is 0.861. The smallest absolute Gasteiger partial charge is 0.0348 e. The van der Waals surface area contributed by atoms with Crippen LogP contribution in [0.1, 0.15) is 42.5 Å². The second-order valence-electron chi connectivity index (χ2n) is 4.84. The van der Waals surface area contributed by atoms with Crippen molar-refractivity contribution in [2.24, 2.45) is 5.92 Å². The van der Waals surface area contributed by atoms with Gasteiger partial charge in [-0.05, 0) is 55.8 Å². The number of nitrogens with one attached hydrogen (secondary N) is 1. The van der Waals surface area contributed by atoms with E-state index in [1.54, 1.807) is 0 Å². The van der Waals surface area contributed by atoms with Gasteiger partial charge in [-0.25, -0.2) is 0 Å². The van der Waals surface area contributed by atoms with Crippen LogP contribution in [0.3, 0.4) is 0 Å². The fraction of sp³-hybridized carbons (Fsp3) is 0.571. The highest BCUT2D eigenvalue weighted by atomic mass is 79.9. The average molecular weight is 282 g/mol. The van der Waals surface area contributed by atoms with E-state index in [4.69, 9.17) is 0 Å². The summed E-state index contributed by atoms with van der Waals surface area (Å²) in [5.41, 5.74) is 4.15. The SMILES string of the molecule is CCNC(c1cc(C)c(Br)c(C)c1)C1CC1. The monoisotopic (exact) mass is 281 g/mol. The van der Waals surface area contributed by atoms with E-state index < -0.39 is 0 Å². The Morgan fingerprint density at radius 3 is 2.31 bits per heavy atom. The average Bonchev–Trinajstić information content (AvgIpc) is 3.05. The van der Waals surface area contributed by atoms with Gasteiger partial charge in [0, 0.05) is 10.5 Å². The van der Waals surface area contributed by atoms with Crippen molar-refractivity contribution in [3.63, 3.8) is 0 Å². The van der Waals surface area contributed by atoms with E-state index >= 15 is 0 Å². The lowest BCUT2D eigenvalue weighted by molar-refractivity contribution is 0.495. The third-order valence-corrected chi connectivity index (χ3v) is 4.59. The number of hydrogen-bond donors (Lipinski definition) is 1. The van der Waals surface area contributed by atoms with Crippen LogP contribution in [-0.4, -0.2) is 6.54 Å². The predicted molar refractivity (Wildman–Crippen MR) is 72.8 cm³/mol. The summed E-state index contributed by atoms with van der Waals surface area (Å²) in [7, 11) is 0. The maximum Gasteiger partial charge on any atom is 0.0348 e. The zero-order chi connectivity index (χ0) is 11.7. The molecule has 0 radical (unpaired) electrons. The van der Waals surface area contributed by atoms with Crippen molar-refractivity contribution in [3.05, 3.63) is 33.3 Å². The summed E-state index contributed by atoms with van der Waals surface area (Å²) < 4.78 is 1.25. The Labute approximate surface area is 107 Å². The third-order valence-electron chi connectivity index (χ3n) is 3.34. The molecule has 1 aromatic carbocycles. The van der Waals surface area contributed by atoms with Crippen LogP contribution in [-0.2, 0) is 0 Å². The lowest BCUT2D eigenvalue weighted by atomic mass is 9.98. The molecule has 0 saturated heterocycles. The van der Waals surface area contributed by atoms with Crippen LogP contribution < -0.4 is 5.32 Å². The van der Waals surface area contributed by atoms with Crippen molar-refractivity contribution in [1.29, 1.82) is 0 Å². The van der Waals surface area contributed by atoms with Gasteiger partial charge in [0.05, 0.1) is 0 Å². The molecule has 2 rings (SSSR count). The first-order valence-electron chi connectivity index (χ1n) is 6.13. The first kappa shape index (κ1) is 12.1. The van der Waals surface area contributed by atoms with Gasteiger partial charge in [0.1, 0.15) is 0 Å². The maximum atomic E-state index is 3.63. The molecule has 1 N–H and O–H groups in total. The number of hydrogen-bond acceptors (Lipinski definition) is 1. The molecule has 1 saturated carbocycles. The fourth-order valence-corrected chi connectivity index (χ4v) is 2.59. The molecule has 0 heterocycles. The molecule has 0 aromatic heterocycles. The van der Waals surface area contributed by atoms with Crippen molar-refractivity contribution >= 4 is 15.9 Å². The number of rotatable bonds is 4. The first-order chi connectivity index (χ1) is 7.63. The minimum Gasteiger partial charge on any atom is -0.310 e. The first-order valence-corrected chi connectivity index (χ1v) is 6.92. The molecule has 1 fully saturated rings. The molecule has 0 bridgehead atoms. The normalized spacial score (nSPS) is 17.5. The predicted octanol–water partition coefficient (Wildman–Crippen LogP) is 4.13. The Hall–Kier alpha value is -0.340. The number of halogens is 1. The molecule has 1 aliphatic carbocycles. The summed E-state index contributed by atoms with van der Waals surface area (Å²) in [6, 6.07) is 5.21. The van der Waals surface area contributed by atoms with Crippen molar-refractivity contribution in [2.75, 3.05) is 6.54 Å². The van der Waals surface area contributed by atoms with Crippen LogP contribution in [0.4, 0.5) is 0 Å². The third kappa shape index (κ3) is 2.49. The Balaban J connectivity index is 2.30. The standard InChI is InChI=1S/C14H20BrN/c1-4-16-14(11-5-6-11)12-7-9(2)13(15)10(3)8-12/h7-8,11,14,16H,4-6H2,1-3H3. The van der Waals surface area contributed by atoms with Gasteiger partial charge in [0.2, 0.25) is 0 Å². The molecule has 1 unspecified atom stereocenters. The van der Waals surface area contributed by atoms with Gasteiger partial charge in [0.25, 0.3) is 0 Å². The van der Waals surface area contributed by atoms with E-state index in [1.165, 1.54) is 34.0 Å². The van der Waals surface area contributed by atoms with E-state index in [1.807, 2.05) is 0 Å². The van der Waals surface area contributed by atoms with Gasteiger partial charge in [-0.2, -0.15) is 0 Å². The molecule has 1 nitrogen and oxygen atoms in total. The molecule has 0 amide bonds. The molecule has 88 valence electrons. The van der Waals surface area contributed by atoms with Gasteiger partial charge in [-0.15, -0.1) is 0 Å². The molecular formula is C14H20BrN. The molecule has 2 heteroatoms. The minimum atomic E-state index is 0.565. The van der Waals surface area contributed by atoms with Gasteiger partial charge in [-0.1, -0.05) is 35.0 Å². The Morgan fingerprint density at radius 1 is 1.31 bits per heavy atom. The highest BCUT2D eigenvalue weighted by Gasteiger charge is 2.31. The molecule has 16 heavy (non-hydrogen) atoms. The molecule has 0 spiro atoms. The van der Waals surface area contributed by atoms with Crippen molar-refractivity contribution in [2.45, 2.75) is 39.7 Å². The van der Waals surface area contributed by atoms with Crippen LogP contribution in [0, 0.1) is 19.8 Å². The van der Waals surface area contributed by atoms with E-state index in [0.717, 1.165) is 12.5 Å². The lowest BCUT2D eigenvalue weighted by Crippen LogP contribution is -2.22. The summed E-state index contributed by atoms with van der Waals surface area (Å²) in [6.07, 6.45) is 2.76. The highest BCUT2D eigenvalue weighted by Crippen LogP contribution is 2.41. The zero-order valence-electron chi connectivity index (χ0n) is 10.3. The molecule has 1 aromatic rings. The largest absolute Gasteiger partial charge is 0.310 e. The van der Waals surface area contributed by atoms with Crippen molar-refractivity contribution in [1.82, 2.24) is 5.32 Å². The molecule has 1 aliphatic rings. The highest BCUT2D eigenvalue weighted by molar-refractivity contribution is 9.10. The summed E-state index contributed by atoms with van der Waals surface area (Å²) in [6.45, 7) is 7.59. The van der Waals surface area contributed by atoms with Gasteiger partial charge < -0.3 is 5.32 Å². The van der Waals surface area contributed by atoms with Gasteiger partial charge in [-0.3, -0.25) is 0 Å². The summed E-state index contributed by atoms with van der Waals surface area (Å²) in [4.78, 5) is 0. The van der Waals surface area contributed by atoms with E-state index in [9.17, 15) is 0 Å². The Kier molecular flexibility index (Phi) is 3.70. The van der Waals surface area contributed by atoms with Crippen LogP contribution in [0.25, 0.3) is 0 Å². The van der Waals surface area contributed by atoms with E-state index in [0.29, 0.717) is 6.04 Å². The minimum absolute atomic E-state index is 0.565. The zero-order valence-corrected chi connectivity index (χ0v) is 11.9. The van der Waals surface area contributed by atoms with Crippen molar-refractivity contribution < 1.29 is 0 Å². The number of benzene rings is 1. The summed E-state index contributed by atoms with van der Waals surface area (Å²) >= 11 is 3.63. The topological polar surface area (TPSA) is 12.0 Å². The van der Waals surface area contributed by atoms with E-state index in [2.05, 4.69) is 54.2 Å². The second-order valence-corrected chi connectivity index (χ2v) is 5.63. The lowest BCUT2D eigenvalue weighted by Gasteiger charge is -2.19. The molecular weight excluding hydrogens is 262 g/mol. The van der Waals surface area contributed by atoms with E-state index in [-0.39, 0.29) is 0 Å². The maximum absolute atomic E-state index is 3.63. The second kappa shape index (κ2) is 4.89. The van der Waals surface area contributed by atoms with Crippen LogP contribution >= 0.6 is 15.9 Å². The fourth-order valence-electron chi connectivity index (χ4n) is 2.37. The van der Waals surface area contributed by atoms with Crippen LogP contribution in [0.5, 0.6) is 0 Å². The van der Waals surface area contributed by atoms with Crippen LogP contribution in [0.15, 0.2) is 16.6 Å².